The second-order valence-corrected chi connectivity index (χ2v) is 14.8. The number of benzene rings is 4. The molecule has 7 nitrogen and oxygen atoms in total. The number of hydrogen-bond acceptors (Lipinski definition) is 4. The van der Waals surface area contributed by atoms with Crippen molar-refractivity contribution in [3.8, 4) is 0 Å². The molecule has 0 heterocycles. The van der Waals surface area contributed by atoms with E-state index in [1.54, 1.807) is 54.6 Å². The van der Waals surface area contributed by atoms with Gasteiger partial charge in [-0.3, -0.25) is 13.9 Å². The van der Waals surface area contributed by atoms with Crippen molar-refractivity contribution < 1.29 is 18.0 Å². The van der Waals surface area contributed by atoms with Gasteiger partial charge in [0.15, 0.2) is 0 Å². The Hall–Kier alpha value is -3.56. The number of hydrogen-bond donors (Lipinski definition) is 1. The smallest absolute Gasteiger partial charge is 0.264 e. The van der Waals surface area contributed by atoms with Crippen LogP contribution in [-0.2, 0) is 32.6 Å². The van der Waals surface area contributed by atoms with Gasteiger partial charge in [0.1, 0.15) is 12.6 Å². The highest BCUT2D eigenvalue weighted by atomic mass is 35.5. The van der Waals surface area contributed by atoms with E-state index in [9.17, 15) is 18.0 Å². The van der Waals surface area contributed by atoms with Crippen molar-refractivity contribution in [1.82, 2.24) is 10.2 Å². The lowest BCUT2D eigenvalue weighted by atomic mass is 10.0. The van der Waals surface area contributed by atoms with E-state index < -0.39 is 28.5 Å². The molecule has 0 aromatic heterocycles. The van der Waals surface area contributed by atoms with Crippen LogP contribution in [0.3, 0.4) is 0 Å². The summed E-state index contributed by atoms with van der Waals surface area (Å²) in [5, 5.41) is 4.06. The van der Waals surface area contributed by atoms with Gasteiger partial charge in [-0.25, -0.2) is 8.42 Å². The van der Waals surface area contributed by atoms with E-state index in [1.165, 1.54) is 17.0 Å². The fraction of sp³-hybridized carbons (Fsp3) is 0.278. The minimum absolute atomic E-state index is 0.00150. The van der Waals surface area contributed by atoms with Crippen molar-refractivity contribution in [1.29, 1.82) is 0 Å². The van der Waals surface area contributed by atoms with Crippen LogP contribution >= 0.6 is 34.8 Å². The summed E-state index contributed by atoms with van der Waals surface area (Å²) in [7, 11) is -4.27. The van der Waals surface area contributed by atoms with E-state index in [1.807, 2.05) is 37.3 Å². The van der Waals surface area contributed by atoms with E-state index in [2.05, 4.69) is 5.32 Å². The summed E-state index contributed by atoms with van der Waals surface area (Å²) in [6.45, 7) is 1.17. The van der Waals surface area contributed by atoms with Crippen molar-refractivity contribution in [3.63, 3.8) is 0 Å². The third kappa shape index (κ3) is 8.68. The number of para-hydroxylation sites is 1. The first-order chi connectivity index (χ1) is 22.5. The van der Waals surface area contributed by atoms with Gasteiger partial charge in [0.25, 0.3) is 10.0 Å². The third-order valence-electron chi connectivity index (χ3n) is 8.34. The molecule has 1 N–H and O–H groups in total. The molecule has 2 amide bonds. The van der Waals surface area contributed by atoms with Crippen LogP contribution in [0.4, 0.5) is 5.69 Å². The minimum Gasteiger partial charge on any atom is -0.352 e. The van der Waals surface area contributed by atoms with Gasteiger partial charge in [0.2, 0.25) is 11.8 Å². The molecule has 47 heavy (non-hydrogen) atoms. The highest BCUT2D eigenvalue weighted by Gasteiger charge is 2.36. The van der Waals surface area contributed by atoms with E-state index in [-0.39, 0.29) is 40.5 Å². The fourth-order valence-electron chi connectivity index (χ4n) is 5.76. The number of carbonyl (C=O) groups excluding carboxylic acids is 2. The molecular weight excluding hydrogens is 677 g/mol. The number of halogens is 3. The number of sulfonamides is 1. The van der Waals surface area contributed by atoms with E-state index in [4.69, 9.17) is 34.8 Å². The monoisotopic (exact) mass is 711 g/mol. The predicted molar refractivity (Wildman–Crippen MR) is 189 cm³/mol. The van der Waals surface area contributed by atoms with Crippen LogP contribution in [0, 0.1) is 6.92 Å². The van der Waals surface area contributed by atoms with Crippen LogP contribution in [-0.4, -0.2) is 43.8 Å². The zero-order valence-corrected chi connectivity index (χ0v) is 29.0. The lowest BCUT2D eigenvalue weighted by molar-refractivity contribution is -0.140. The number of nitrogens with one attached hydrogen (secondary N) is 1. The summed E-state index contributed by atoms with van der Waals surface area (Å²) in [6, 6.07) is 26.2. The van der Waals surface area contributed by atoms with E-state index in [0.717, 1.165) is 41.1 Å². The van der Waals surface area contributed by atoms with Gasteiger partial charge in [-0.05, 0) is 67.3 Å². The normalized spacial score (nSPS) is 14.0. The summed E-state index contributed by atoms with van der Waals surface area (Å²) < 4.78 is 29.4. The number of aryl methyl sites for hydroxylation is 1. The van der Waals surface area contributed by atoms with E-state index >= 15 is 0 Å². The second-order valence-electron chi connectivity index (χ2n) is 11.7. The maximum atomic E-state index is 14.7. The maximum Gasteiger partial charge on any atom is 0.264 e. The lowest BCUT2D eigenvalue weighted by Gasteiger charge is -2.34. The molecule has 4 aromatic rings. The van der Waals surface area contributed by atoms with Crippen LogP contribution in [0.25, 0.3) is 0 Å². The molecule has 0 saturated heterocycles. The van der Waals surface area contributed by atoms with Crippen LogP contribution in [0.5, 0.6) is 0 Å². The van der Waals surface area contributed by atoms with Gasteiger partial charge in [0, 0.05) is 29.1 Å². The predicted octanol–water partition coefficient (Wildman–Crippen LogP) is 7.85. The Balaban J connectivity index is 1.59. The zero-order valence-electron chi connectivity index (χ0n) is 25.9. The van der Waals surface area contributed by atoms with Crippen LogP contribution in [0.1, 0.15) is 42.4 Å². The fourth-order valence-corrected chi connectivity index (χ4v) is 7.95. The maximum absolute atomic E-state index is 14.7. The average molecular weight is 713 g/mol. The molecule has 1 saturated carbocycles. The lowest BCUT2D eigenvalue weighted by Crippen LogP contribution is -2.54. The molecule has 4 aromatic carbocycles. The Labute approximate surface area is 291 Å². The molecule has 0 spiro atoms. The van der Waals surface area contributed by atoms with Crippen LogP contribution in [0.2, 0.25) is 15.1 Å². The molecule has 5 rings (SSSR count). The van der Waals surface area contributed by atoms with Gasteiger partial charge >= 0.3 is 0 Å². The van der Waals surface area contributed by atoms with Gasteiger partial charge in [-0.1, -0.05) is 114 Å². The summed E-state index contributed by atoms with van der Waals surface area (Å²) in [5.74, 6) is -0.918. The highest BCUT2D eigenvalue weighted by Crippen LogP contribution is 2.32. The molecule has 0 bridgehead atoms. The number of nitrogens with zero attached hydrogens (tertiary/aromatic N) is 2. The average Bonchev–Trinajstić information content (AvgIpc) is 3.56. The summed E-state index contributed by atoms with van der Waals surface area (Å²) >= 11 is 19.3. The molecule has 0 radical (unpaired) electrons. The number of rotatable bonds is 12. The molecular formula is C36H36Cl3N3O4S. The van der Waals surface area contributed by atoms with Gasteiger partial charge in [0.05, 0.1) is 15.6 Å². The molecule has 1 fully saturated rings. The topological polar surface area (TPSA) is 86.8 Å². The first kappa shape index (κ1) is 34.8. The molecule has 11 heteroatoms. The summed E-state index contributed by atoms with van der Waals surface area (Å²) in [4.78, 5) is 30.2. The Morgan fingerprint density at radius 1 is 0.851 bits per heavy atom. The van der Waals surface area contributed by atoms with Gasteiger partial charge in [-0.15, -0.1) is 0 Å². The Bertz CT molecular complexity index is 1820. The van der Waals surface area contributed by atoms with Crippen LogP contribution < -0.4 is 9.62 Å². The summed E-state index contributed by atoms with van der Waals surface area (Å²) in [6.07, 6.45) is 3.95. The van der Waals surface area contributed by atoms with Crippen molar-refractivity contribution in [2.45, 2.75) is 62.6 Å². The Morgan fingerprint density at radius 2 is 1.51 bits per heavy atom. The van der Waals surface area contributed by atoms with Crippen molar-refractivity contribution in [3.05, 3.63) is 129 Å². The molecule has 1 atom stereocenters. The van der Waals surface area contributed by atoms with E-state index in [0.29, 0.717) is 15.6 Å². The molecule has 246 valence electrons. The quantitative estimate of drug-likeness (QED) is 0.162. The van der Waals surface area contributed by atoms with Gasteiger partial charge < -0.3 is 10.2 Å². The Kier molecular flexibility index (Phi) is 11.5. The minimum atomic E-state index is -4.27. The van der Waals surface area contributed by atoms with Crippen molar-refractivity contribution >= 4 is 62.3 Å². The van der Waals surface area contributed by atoms with Crippen LogP contribution in [0.15, 0.2) is 102 Å². The summed E-state index contributed by atoms with van der Waals surface area (Å²) in [5.41, 5.74) is 2.42. The second kappa shape index (κ2) is 15.6. The standard InChI is InChI=1S/C36H36Cl3N3O4S/c1-25-15-19-30(20-16-25)47(45,46)42(33-14-8-7-13-31(33)38)24-35(43)41(23-27-17-18-28(37)22-32(27)39)34(21-26-9-3-2-4-10-26)36(44)40-29-11-5-6-12-29/h2-4,7-10,13-20,22,29,34H,5-6,11-12,21,23-24H2,1H3,(H,40,44)/t34-/m0/s1. The third-order valence-corrected chi connectivity index (χ3v) is 11.0. The number of anilines is 1. The SMILES string of the molecule is Cc1ccc(S(=O)(=O)N(CC(=O)N(Cc2ccc(Cl)cc2Cl)[C@@H](Cc2ccccc2)C(=O)NC2CCCC2)c2ccccc2Cl)cc1. The first-order valence-corrected chi connectivity index (χ1v) is 18.0. The van der Waals surface area contributed by atoms with Crippen molar-refractivity contribution in [2.24, 2.45) is 0 Å². The number of carbonyl (C=O) groups is 2. The zero-order chi connectivity index (χ0) is 33.6. The molecule has 0 unspecified atom stereocenters. The largest absolute Gasteiger partial charge is 0.352 e. The Morgan fingerprint density at radius 3 is 2.17 bits per heavy atom. The molecule has 1 aliphatic rings. The highest BCUT2D eigenvalue weighted by molar-refractivity contribution is 7.92. The first-order valence-electron chi connectivity index (χ1n) is 15.4. The molecule has 1 aliphatic carbocycles. The molecule has 0 aliphatic heterocycles. The van der Waals surface area contributed by atoms with Crippen molar-refractivity contribution in [2.75, 3.05) is 10.8 Å². The number of amides is 2. The van der Waals surface area contributed by atoms with Gasteiger partial charge in [-0.2, -0.15) is 0 Å².